The fourth-order valence-corrected chi connectivity index (χ4v) is 6.96. The van der Waals surface area contributed by atoms with E-state index in [0.29, 0.717) is 5.41 Å². The Bertz CT molecular complexity index is 969. The van der Waals surface area contributed by atoms with Crippen molar-refractivity contribution in [3.05, 3.63) is 58.3 Å². The van der Waals surface area contributed by atoms with E-state index in [2.05, 4.69) is 53.0 Å². The number of piperidine rings is 1. The van der Waals surface area contributed by atoms with Crippen LogP contribution in [0.4, 0.5) is 0 Å². The highest BCUT2D eigenvalue weighted by atomic mass is 32.1. The lowest BCUT2D eigenvalue weighted by Gasteiger charge is -2.39. The summed E-state index contributed by atoms with van der Waals surface area (Å²) in [6.07, 6.45) is 16.8. The SMILES string of the molecule is Cc1ccsc1CN1CCC2(CC1)CCN(CCCCCCN(Cc1ncc[nH]1)Cc1ncc[nH]1)C2. The third-order valence-electron chi connectivity index (χ3n) is 8.32. The molecule has 2 N–H and O–H groups in total. The molecule has 0 atom stereocenters. The van der Waals surface area contributed by atoms with Crippen LogP contribution in [-0.4, -0.2) is 73.9 Å². The van der Waals surface area contributed by atoms with Crippen LogP contribution in [0.1, 0.15) is 67.0 Å². The van der Waals surface area contributed by atoms with Gasteiger partial charge in [0.25, 0.3) is 0 Å². The van der Waals surface area contributed by atoms with E-state index in [-0.39, 0.29) is 0 Å². The van der Waals surface area contributed by atoms with E-state index in [1.165, 1.54) is 83.2 Å². The molecule has 8 heteroatoms. The number of aryl methyl sites for hydroxylation is 1. The van der Waals surface area contributed by atoms with Crippen LogP contribution in [0.25, 0.3) is 0 Å². The summed E-state index contributed by atoms with van der Waals surface area (Å²) in [6, 6.07) is 2.26. The summed E-state index contributed by atoms with van der Waals surface area (Å²) >= 11 is 1.92. The molecule has 5 rings (SSSR count). The van der Waals surface area contributed by atoms with E-state index in [9.17, 15) is 0 Å². The molecule has 5 heterocycles. The largest absolute Gasteiger partial charge is 0.348 e. The van der Waals surface area contributed by atoms with Crippen LogP contribution in [0.3, 0.4) is 0 Å². The minimum Gasteiger partial charge on any atom is -0.348 e. The molecule has 0 saturated carbocycles. The molecule has 0 bridgehead atoms. The number of H-pyrrole nitrogens is 2. The van der Waals surface area contributed by atoms with Crippen LogP contribution in [-0.2, 0) is 19.6 Å². The lowest BCUT2D eigenvalue weighted by Crippen LogP contribution is -2.41. The Labute approximate surface area is 220 Å². The van der Waals surface area contributed by atoms with Gasteiger partial charge in [-0.1, -0.05) is 12.8 Å². The quantitative estimate of drug-likeness (QED) is 0.316. The molecule has 0 aliphatic carbocycles. The van der Waals surface area contributed by atoms with Gasteiger partial charge in [0.05, 0.1) is 13.1 Å². The molecule has 2 aliphatic rings. The zero-order chi connectivity index (χ0) is 24.6. The lowest BCUT2D eigenvalue weighted by atomic mass is 9.78. The van der Waals surface area contributed by atoms with Crippen molar-refractivity contribution in [2.24, 2.45) is 5.41 Å². The molecule has 2 aliphatic heterocycles. The number of nitrogens with one attached hydrogen (secondary N) is 2. The third-order valence-corrected chi connectivity index (χ3v) is 9.33. The first kappa shape index (κ1) is 25.6. The van der Waals surface area contributed by atoms with Crippen LogP contribution in [0.15, 0.2) is 36.2 Å². The normalized spacial score (nSPS) is 18.6. The first-order valence-corrected chi connectivity index (χ1v) is 14.7. The fraction of sp³-hybridized carbons (Fsp3) is 0.643. The molecule has 0 amide bonds. The smallest absolute Gasteiger partial charge is 0.120 e. The number of imidazole rings is 2. The molecule has 196 valence electrons. The summed E-state index contributed by atoms with van der Waals surface area (Å²) in [7, 11) is 0. The summed E-state index contributed by atoms with van der Waals surface area (Å²) in [6.45, 7) is 12.6. The summed E-state index contributed by atoms with van der Waals surface area (Å²) in [5.41, 5.74) is 2.06. The van der Waals surface area contributed by atoms with Crippen molar-refractivity contribution in [2.75, 3.05) is 39.3 Å². The van der Waals surface area contributed by atoms with Crippen molar-refractivity contribution in [1.82, 2.24) is 34.6 Å². The highest BCUT2D eigenvalue weighted by Crippen LogP contribution is 2.40. The Hall–Kier alpha value is -2.00. The maximum atomic E-state index is 4.41. The zero-order valence-electron chi connectivity index (χ0n) is 21.9. The summed E-state index contributed by atoms with van der Waals surface area (Å²) in [5, 5.41) is 2.24. The maximum Gasteiger partial charge on any atom is 0.120 e. The number of likely N-dealkylation sites (tertiary alicyclic amines) is 2. The number of hydrogen-bond acceptors (Lipinski definition) is 6. The van der Waals surface area contributed by atoms with Crippen LogP contribution >= 0.6 is 11.3 Å². The van der Waals surface area contributed by atoms with E-state index in [4.69, 9.17) is 0 Å². The number of hydrogen-bond donors (Lipinski definition) is 2. The lowest BCUT2D eigenvalue weighted by molar-refractivity contribution is 0.103. The molecule has 0 radical (unpaired) electrons. The minimum atomic E-state index is 0.596. The standard InChI is InChI=1S/C28H43N7S/c1-24-6-19-36-25(24)20-33-16-7-28(8-17-33)9-18-34(23-28)14-4-2-3-5-15-35(21-26-29-10-11-30-26)22-27-31-12-13-32-27/h6,10-13,19H,2-5,7-9,14-18,20-23H2,1H3,(H,29,30)(H,31,32). The third kappa shape index (κ3) is 7.06. The van der Waals surface area contributed by atoms with Crippen molar-refractivity contribution in [2.45, 2.75) is 71.5 Å². The van der Waals surface area contributed by atoms with Crippen molar-refractivity contribution in [1.29, 1.82) is 0 Å². The number of unbranched alkanes of at least 4 members (excludes halogenated alkanes) is 3. The van der Waals surface area contributed by atoms with Crippen molar-refractivity contribution >= 4 is 11.3 Å². The van der Waals surface area contributed by atoms with Gasteiger partial charge in [-0.05, 0) is 94.2 Å². The van der Waals surface area contributed by atoms with Crippen molar-refractivity contribution in [3.63, 3.8) is 0 Å². The molecule has 3 aromatic rings. The second-order valence-corrected chi connectivity index (χ2v) is 12.0. The van der Waals surface area contributed by atoms with E-state index in [0.717, 1.165) is 37.8 Å². The monoisotopic (exact) mass is 509 g/mol. The van der Waals surface area contributed by atoms with Gasteiger partial charge in [0.1, 0.15) is 11.6 Å². The van der Waals surface area contributed by atoms with Crippen LogP contribution in [0.2, 0.25) is 0 Å². The average molecular weight is 510 g/mol. The minimum absolute atomic E-state index is 0.596. The number of aromatic amines is 2. The molecule has 36 heavy (non-hydrogen) atoms. The molecule has 7 nitrogen and oxygen atoms in total. The zero-order valence-corrected chi connectivity index (χ0v) is 22.7. The highest BCUT2D eigenvalue weighted by molar-refractivity contribution is 7.10. The molecule has 0 unspecified atom stereocenters. The van der Waals surface area contributed by atoms with Gasteiger partial charge in [-0.2, -0.15) is 0 Å². The molecular weight excluding hydrogens is 466 g/mol. The van der Waals surface area contributed by atoms with Crippen molar-refractivity contribution < 1.29 is 0 Å². The van der Waals surface area contributed by atoms with E-state index in [1.54, 1.807) is 4.88 Å². The van der Waals surface area contributed by atoms with E-state index >= 15 is 0 Å². The summed E-state index contributed by atoms with van der Waals surface area (Å²) in [4.78, 5) is 24.7. The van der Waals surface area contributed by atoms with Gasteiger partial charge in [0.15, 0.2) is 0 Å². The predicted molar refractivity (Wildman–Crippen MR) is 147 cm³/mol. The van der Waals surface area contributed by atoms with Crippen LogP contribution in [0.5, 0.6) is 0 Å². The molecule has 0 aromatic carbocycles. The summed E-state index contributed by atoms with van der Waals surface area (Å²) in [5.74, 6) is 2.05. The molecule has 1 spiro atoms. The van der Waals surface area contributed by atoms with E-state index < -0.39 is 0 Å². The Morgan fingerprint density at radius 3 is 2.19 bits per heavy atom. The second-order valence-electron chi connectivity index (χ2n) is 11.0. The van der Waals surface area contributed by atoms with Gasteiger partial charge in [0.2, 0.25) is 0 Å². The predicted octanol–water partition coefficient (Wildman–Crippen LogP) is 5.05. The number of rotatable bonds is 13. The fourth-order valence-electron chi connectivity index (χ4n) is 6.01. The van der Waals surface area contributed by atoms with Crippen LogP contribution in [0, 0.1) is 12.3 Å². The Morgan fingerprint density at radius 1 is 0.917 bits per heavy atom. The molecule has 2 fully saturated rings. The molecule has 2 saturated heterocycles. The van der Waals surface area contributed by atoms with Gasteiger partial charge in [-0.15, -0.1) is 11.3 Å². The van der Waals surface area contributed by atoms with Gasteiger partial charge in [-0.25, -0.2) is 9.97 Å². The second kappa shape index (κ2) is 12.5. The number of thiophene rings is 1. The topological polar surface area (TPSA) is 67.1 Å². The van der Waals surface area contributed by atoms with Crippen LogP contribution < -0.4 is 0 Å². The Balaban J connectivity index is 0.965. The van der Waals surface area contributed by atoms with Crippen molar-refractivity contribution in [3.8, 4) is 0 Å². The summed E-state index contributed by atoms with van der Waals surface area (Å²) < 4.78 is 0. The van der Waals surface area contributed by atoms with Gasteiger partial charge < -0.3 is 14.9 Å². The van der Waals surface area contributed by atoms with Gasteiger partial charge >= 0.3 is 0 Å². The Kier molecular flexibility index (Phi) is 8.90. The molecular formula is C28H43N7S. The first-order chi connectivity index (χ1) is 17.7. The molecule has 3 aromatic heterocycles. The van der Waals surface area contributed by atoms with Gasteiger partial charge in [0, 0.05) is 42.8 Å². The number of nitrogens with zero attached hydrogens (tertiary/aromatic N) is 5. The van der Waals surface area contributed by atoms with Gasteiger partial charge in [-0.3, -0.25) is 9.80 Å². The first-order valence-electron chi connectivity index (χ1n) is 13.8. The van der Waals surface area contributed by atoms with E-state index in [1.807, 2.05) is 36.1 Å². The number of aromatic nitrogens is 4. The maximum absolute atomic E-state index is 4.41. The Morgan fingerprint density at radius 2 is 1.58 bits per heavy atom. The highest BCUT2D eigenvalue weighted by Gasteiger charge is 2.40. The average Bonchev–Trinajstić information content (AvgIpc) is 3.69.